The van der Waals surface area contributed by atoms with Crippen molar-refractivity contribution in [2.45, 2.75) is 6.42 Å². The summed E-state index contributed by atoms with van der Waals surface area (Å²) >= 11 is 0. The van der Waals surface area contributed by atoms with Gasteiger partial charge in [-0.05, 0) is 24.1 Å². The Morgan fingerprint density at radius 1 is 1.21 bits per heavy atom. The summed E-state index contributed by atoms with van der Waals surface area (Å²) in [6.07, 6.45) is 0.825. The lowest BCUT2D eigenvalue weighted by Crippen LogP contribution is -2.39. The first-order valence-electron chi connectivity index (χ1n) is 5.94. The normalized spacial score (nSPS) is 10.8. The third kappa shape index (κ3) is 7.99. The van der Waals surface area contributed by atoms with Crippen molar-refractivity contribution in [1.82, 2.24) is 10.6 Å². The van der Waals surface area contributed by atoms with E-state index in [9.17, 15) is 4.39 Å². The van der Waals surface area contributed by atoms with E-state index in [2.05, 4.69) is 15.6 Å². The first-order valence-corrected chi connectivity index (χ1v) is 5.94. The van der Waals surface area contributed by atoms with E-state index in [0.29, 0.717) is 13.2 Å². The van der Waals surface area contributed by atoms with E-state index >= 15 is 0 Å². The molecule has 0 fully saturated rings. The highest BCUT2D eigenvalue weighted by Crippen LogP contribution is 2.02. The predicted octanol–water partition coefficient (Wildman–Crippen LogP) is 1.80. The number of halogens is 2. The van der Waals surface area contributed by atoms with E-state index in [1.807, 2.05) is 0 Å². The summed E-state index contributed by atoms with van der Waals surface area (Å²) in [4.78, 5) is 4.08. The third-order valence-electron chi connectivity index (χ3n) is 2.44. The van der Waals surface area contributed by atoms with Gasteiger partial charge in [0.25, 0.3) is 0 Å². The zero-order chi connectivity index (χ0) is 13.2. The van der Waals surface area contributed by atoms with E-state index in [0.717, 1.165) is 24.5 Å². The van der Waals surface area contributed by atoms with Crippen molar-refractivity contribution >= 4 is 29.9 Å². The van der Waals surface area contributed by atoms with E-state index in [-0.39, 0.29) is 29.8 Å². The Morgan fingerprint density at radius 3 is 2.42 bits per heavy atom. The number of hydrogen-bond acceptors (Lipinski definition) is 2. The molecule has 0 aliphatic rings. The van der Waals surface area contributed by atoms with Gasteiger partial charge in [0, 0.05) is 27.2 Å². The maximum absolute atomic E-state index is 12.7. The lowest BCUT2D eigenvalue weighted by Gasteiger charge is -2.11. The molecule has 1 aromatic carbocycles. The lowest BCUT2D eigenvalue weighted by molar-refractivity contribution is 0.203. The molecular formula is C13H21FIN3O. The largest absolute Gasteiger partial charge is 0.383 e. The molecule has 0 aliphatic heterocycles. The standard InChI is InChI=1S/C13H20FN3O.HI/c1-15-13(17-9-10-18-2)16-8-7-11-3-5-12(14)6-4-11;/h3-6H,7-10H2,1-2H3,(H2,15,16,17);1H. The second kappa shape index (κ2) is 11.0. The Morgan fingerprint density at radius 2 is 1.84 bits per heavy atom. The lowest BCUT2D eigenvalue weighted by atomic mass is 10.1. The Labute approximate surface area is 130 Å². The van der Waals surface area contributed by atoms with Gasteiger partial charge in [-0.3, -0.25) is 4.99 Å². The molecule has 0 saturated carbocycles. The number of hydrogen-bond donors (Lipinski definition) is 2. The van der Waals surface area contributed by atoms with Crippen molar-refractivity contribution in [3.8, 4) is 0 Å². The van der Waals surface area contributed by atoms with Crippen molar-refractivity contribution in [3.05, 3.63) is 35.6 Å². The van der Waals surface area contributed by atoms with Crippen molar-refractivity contribution in [3.63, 3.8) is 0 Å². The van der Waals surface area contributed by atoms with Crippen LogP contribution in [0, 0.1) is 5.82 Å². The molecule has 0 saturated heterocycles. The van der Waals surface area contributed by atoms with Gasteiger partial charge in [-0.1, -0.05) is 12.1 Å². The Kier molecular flexibility index (Phi) is 10.5. The topological polar surface area (TPSA) is 45.7 Å². The molecular weight excluding hydrogens is 360 g/mol. The molecule has 1 aromatic rings. The van der Waals surface area contributed by atoms with Crippen molar-refractivity contribution in [2.75, 3.05) is 33.9 Å². The SMILES string of the molecule is CN=C(NCCOC)NCCc1ccc(F)cc1.I. The summed E-state index contributed by atoms with van der Waals surface area (Å²) in [6.45, 7) is 2.10. The molecule has 0 unspecified atom stereocenters. The number of methoxy groups -OCH3 is 1. The van der Waals surface area contributed by atoms with Crippen LogP contribution in [0.1, 0.15) is 5.56 Å². The minimum Gasteiger partial charge on any atom is -0.383 e. The molecule has 0 heterocycles. The first kappa shape index (κ1) is 18.1. The van der Waals surface area contributed by atoms with Crippen LogP contribution in [0.4, 0.5) is 4.39 Å². The van der Waals surface area contributed by atoms with E-state index in [4.69, 9.17) is 4.74 Å². The van der Waals surface area contributed by atoms with Crippen LogP contribution in [-0.2, 0) is 11.2 Å². The Balaban J connectivity index is 0.00000324. The summed E-state index contributed by atoms with van der Waals surface area (Å²) < 4.78 is 17.6. The van der Waals surface area contributed by atoms with Gasteiger partial charge in [-0.2, -0.15) is 0 Å². The van der Waals surface area contributed by atoms with Gasteiger partial charge < -0.3 is 15.4 Å². The van der Waals surface area contributed by atoms with Crippen LogP contribution in [0.15, 0.2) is 29.3 Å². The summed E-state index contributed by atoms with van der Waals surface area (Å²) in [5.74, 6) is 0.540. The molecule has 6 heteroatoms. The summed E-state index contributed by atoms with van der Waals surface area (Å²) in [6, 6.07) is 6.53. The molecule has 0 radical (unpaired) electrons. The quantitative estimate of drug-likeness (QED) is 0.342. The average molecular weight is 381 g/mol. The zero-order valence-electron chi connectivity index (χ0n) is 11.3. The molecule has 19 heavy (non-hydrogen) atoms. The van der Waals surface area contributed by atoms with Crippen LogP contribution >= 0.6 is 24.0 Å². The summed E-state index contributed by atoms with van der Waals surface area (Å²) in [7, 11) is 3.38. The number of benzene rings is 1. The highest BCUT2D eigenvalue weighted by Gasteiger charge is 1.97. The van der Waals surface area contributed by atoms with Crippen LogP contribution in [0.5, 0.6) is 0 Å². The number of aliphatic imine (C=N–C) groups is 1. The molecule has 0 aromatic heterocycles. The fraction of sp³-hybridized carbons (Fsp3) is 0.462. The molecule has 0 spiro atoms. The third-order valence-corrected chi connectivity index (χ3v) is 2.44. The number of nitrogens with zero attached hydrogens (tertiary/aromatic N) is 1. The summed E-state index contributed by atoms with van der Waals surface area (Å²) in [5.41, 5.74) is 1.09. The van der Waals surface area contributed by atoms with Gasteiger partial charge in [0.15, 0.2) is 5.96 Å². The van der Waals surface area contributed by atoms with E-state index < -0.39 is 0 Å². The fourth-order valence-electron chi connectivity index (χ4n) is 1.47. The molecule has 0 atom stereocenters. The first-order chi connectivity index (χ1) is 8.76. The van der Waals surface area contributed by atoms with Gasteiger partial charge in [0.2, 0.25) is 0 Å². The molecule has 108 valence electrons. The number of guanidine groups is 1. The van der Waals surface area contributed by atoms with Crippen molar-refractivity contribution in [2.24, 2.45) is 4.99 Å². The van der Waals surface area contributed by atoms with Crippen LogP contribution < -0.4 is 10.6 Å². The monoisotopic (exact) mass is 381 g/mol. The van der Waals surface area contributed by atoms with Crippen molar-refractivity contribution < 1.29 is 9.13 Å². The molecule has 1 rings (SSSR count). The van der Waals surface area contributed by atoms with Crippen LogP contribution in [-0.4, -0.2) is 39.8 Å². The van der Waals surface area contributed by atoms with E-state index in [1.54, 1.807) is 26.3 Å². The van der Waals surface area contributed by atoms with E-state index in [1.165, 1.54) is 12.1 Å². The highest BCUT2D eigenvalue weighted by atomic mass is 127. The van der Waals surface area contributed by atoms with Crippen LogP contribution in [0.3, 0.4) is 0 Å². The minimum atomic E-state index is -0.205. The zero-order valence-corrected chi connectivity index (χ0v) is 13.6. The summed E-state index contributed by atoms with van der Waals surface area (Å²) in [5, 5.41) is 6.30. The maximum atomic E-state index is 12.7. The minimum absolute atomic E-state index is 0. The predicted molar refractivity (Wildman–Crippen MR) is 86.8 cm³/mol. The van der Waals surface area contributed by atoms with Gasteiger partial charge in [-0.25, -0.2) is 4.39 Å². The van der Waals surface area contributed by atoms with Gasteiger partial charge in [0.1, 0.15) is 5.82 Å². The molecule has 4 nitrogen and oxygen atoms in total. The van der Waals surface area contributed by atoms with Crippen molar-refractivity contribution in [1.29, 1.82) is 0 Å². The van der Waals surface area contributed by atoms with Gasteiger partial charge >= 0.3 is 0 Å². The van der Waals surface area contributed by atoms with Crippen LogP contribution in [0.2, 0.25) is 0 Å². The second-order valence-corrected chi connectivity index (χ2v) is 3.80. The van der Waals surface area contributed by atoms with Gasteiger partial charge in [0.05, 0.1) is 6.61 Å². The number of nitrogens with one attached hydrogen (secondary N) is 2. The smallest absolute Gasteiger partial charge is 0.191 e. The average Bonchev–Trinajstić information content (AvgIpc) is 2.39. The Bertz CT molecular complexity index is 371. The number of ether oxygens (including phenoxy) is 1. The van der Waals surface area contributed by atoms with Crippen LogP contribution in [0.25, 0.3) is 0 Å². The number of rotatable bonds is 6. The molecule has 0 aliphatic carbocycles. The molecule has 0 bridgehead atoms. The fourth-order valence-corrected chi connectivity index (χ4v) is 1.47. The second-order valence-electron chi connectivity index (χ2n) is 3.80. The molecule has 0 amide bonds. The molecule has 2 N–H and O–H groups in total. The Hall–Kier alpha value is -0.890. The van der Waals surface area contributed by atoms with Gasteiger partial charge in [-0.15, -0.1) is 24.0 Å². The maximum Gasteiger partial charge on any atom is 0.191 e. The highest BCUT2D eigenvalue weighted by molar-refractivity contribution is 14.0.